The van der Waals surface area contributed by atoms with Gasteiger partial charge in [-0.25, -0.2) is 9.78 Å². The number of nitrogens with zero attached hydrogens (tertiary/aromatic N) is 2. The Kier molecular flexibility index (Phi) is 2.60. The minimum absolute atomic E-state index is 0.587. The highest BCUT2D eigenvalue weighted by molar-refractivity contribution is 7.13. The zero-order valence-corrected chi connectivity index (χ0v) is 10.5. The number of aliphatic carboxylic acids is 1. The molecule has 1 aliphatic rings. The summed E-state index contributed by atoms with van der Waals surface area (Å²) < 4.78 is 0. The molecule has 0 aromatic carbocycles. The van der Waals surface area contributed by atoms with E-state index in [1.54, 1.807) is 17.5 Å². The van der Waals surface area contributed by atoms with Crippen LogP contribution in [0, 0.1) is 0 Å². The smallest absolute Gasteiger partial charge is 0.331 e. The molecule has 4 nitrogen and oxygen atoms in total. The summed E-state index contributed by atoms with van der Waals surface area (Å²) in [6, 6.07) is 1.33. The number of carboxylic acids is 1. The maximum atomic E-state index is 11.5. The van der Waals surface area contributed by atoms with Crippen molar-refractivity contribution in [3.8, 4) is 0 Å². The number of fused-ring (bicyclic) bond motifs is 1. The van der Waals surface area contributed by atoms with Crippen molar-refractivity contribution in [1.82, 2.24) is 4.98 Å². The number of hydrogen-bond acceptors (Lipinski definition) is 5. The van der Waals surface area contributed by atoms with Gasteiger partial charge >= 0.3 is 5.97 Å². The van der Waals surface area contributed by atoms with Crippen molar-refractivity contribution in [3.05, 3.63) is 33.5 Å². The van der Waals surface area contributed by atoms with Gasteiger partial charge < -0.3 is 10.0 Å². The van der Waals surface area contributed by atoms with E-state index in [0.29, 0.717) is 0 Å². The zero-order valence-electron chi connectivity index (χ0n) is 8.87. The van der Waals surface area contributed by atoms with Crippen molar-refractivity contribution < 1.29 is 9.90 Å². The second-order valence-electron chi connectivity index (χ2n) is 3.80. The van der Waals surface area contributed by atoms with Gasteiger partial charge in [0.25, 0.3) is 0 Å². The van der Waals surface area contributed by atoms with Crippen LogP contribution in [0.4, 0.5) is 5.13 Å². The van der Waals surface area contributed by atoms with Crippen LogP contribution < -0.4 is 4.90 Å². The van der Waals surface area contributed by atoms with Crippen LogP contribution in [0.25, 0.3) is 0 Å². The molecule has 0 aliphatic carbocycles. The van der Waals surface area contributed by atoms with Crippen molar-refractivity contribution in [1.29, 1.82) is 0 Å². The highest BCUT2D eigenvalue weighted by Gasteiger charge is 2.34. The normalized spacial score (nSPS) is 19.1. The lowest BCUT2D eigenvalue weighted by molar-refractivity contribution is -0.138. The molecule has 1 N–H and O–H groups in total. The quantitative estimate of drug-likeness (QED) is 0.907. The summed E-state index contributed by atoms with van der Waals surface area (Å²) >= 11 is 3.12. The molecule has 0 saturated carbocycles. The predicted octanol–water partition coefficient (Wildman–Crippen LogP) is 2.39. The third-order valence-electron chi connectivity index (χ3n) is 2.86. The maximum absolute atomic E-state index is 11.5. The van der Waals surface area contributed by atoms with Gasteiger partial charge in [-0.15, -0.1) is 22.7 Å². The van der Waals surface area contributed by atoms with E-state index in [1.807, 2.05) is 21.7 Å². The lowest BCUT2D eigenvalue weighted by Crippen LogP contribution is -2.39. The second kappa shape index (κ2) is 4.12. The largest absolute Gasteiger partial charge is 0.479 e. The Morgan fingerprint density at radius 3 is 3.06 bits per heavy atom. The molecule has 17 heavy (non-hydrogen) atoms. The van der Waals surface area contributed by atoms with Crippen molar-refractivity contribution in [2.45, 2.75) is 12.5 Å². The fraction of sp³-hybridized carbons (Fsp3) is 0.273. The van der Waals surface area contributed by atoms with Crippen LogP contribution in [0.1, 0.15) is 16.5 Å². The van der Waals surface area contributed by atoms with Crippen LogP contribution in [0.2, 0.25) is 0 Å². The van der Waals surface area contributed by atoms with Crippen LogP contribution in [0.15, 0.2) is 23.0 Å². The molecule has 0 amide bonds. The molecule has 0 bridgehead atoms. The predicted molar refractivity (Wildman–Crippen MR) is 67.9 cm³/mol. The van der Waals surface area contributed by atoms with Crippen LogP contribution in [0.5, 0.6) is 0 Å². The Morgan fingerprint density at radius 1 is 1.47 bits per heavy atom. The lowest BCUT2D eigenvalue weighted by atomic mass is 10.0. The Labute approximate surface area is 106 Å². The average Bonchev–Trinajstić information content (AvgIpc) is 2.98. The molecule has 0 saturated heterocycles. The van der Waals surface area contributed by atoms with Crippen molar-refractivity contribution in [3.63, 3.8) is 0 Å². The van der Waals surface area contributed by atoms with Gasteiger partial charge in [-0.3, -0.25) is 0 Å². The Morgan fingerprint density at radius 2 is 2.35 bits per heavy atom. The summed E-state index contributed by atoms with van der Waals surface area (Å²) in [5, 5.41) is 14.0. The molecule has 0 fully saturated rings. The number of rotatable bonds is 2. The molecule has 6 heteroatoms. The SMILES string of the molecule is O=C(O)C1c2ccsc2CCN1c1nccs1. The van der Waals surface area contributed by atoms with Gasteiger partial charge in [-0.2, -0.15) is 0 Å². The van der Waals surface area contributed by atoms with E-state index in [-0.39, 0.29) is 0 Å². The first-order chi connectivity index (χ1) is 8.27. The molecule has 2 aromatic rings. The molecule has 0 radical (unpaired) electrons. The van der Waals surface area contributed by atoms with E-state index in [2.05, 4.69) is 4.98 Å². The number of anilines is 1. The molecule has 1 atom stereocenters. The number of thiophene rings is 1. The van der Waals surface area contributed by atoms with Crippen LogP contribution in [-0.2, 0) is 11.2 Å². The molecule has 3 heterocycles. The van der Waals surface area contributed by atoms with Crippen LogP contribution in [0.3, 0.4) is 0 Å². The average molecular weight is 266 g/mol. The van der Waals surface area contributed by atoms with Gasteiger partial charge in [0.15, 0.2) is 11.2 Å². The van der Waals surface area contributed by atoms with Gasteiger partial charge in [-0.05, 0) is 23.4 Å². The summed E-state index contributed by atoms with van der Waals surface area (Å²) in [5.41, 5.74) is 0.920. The van der Waals surface area contributed by atoms with Crippen molar-refractivity contribution in [2.24, 2.45) is 0 Å². The first-order valence-corrected chi connectivity index (χ1v) is 6.98. The van der Waals surface area contributed by atoms with Crippen molar-refractivity contribution in [2.75, 3.05) is 11.4 Å². The zero-order chi connectivity index (χ0) is 11.8. The number of carbonyl (C=O) groups is 1. The fourth-order valence-corrected chi connectivity index (χ4v) is 3.75. The molecule has 1 unspecified atom stereocenters. The summed E-state index contributed by atoms with van der Waals surface area (Å²) in [5.74, 6) is -0.806. The molecule has 3 rings (SSSR count). The first-order valence-electron chi connectivity index (χ1n) is 5.22. The number of carboxylic acid groups (broad SMARTS) is 1. The third kappa shape index (κ3) is 1.73. The first kappa shape index (κ1) is 10.7. The third-order valence-corrected chi connectivity index (χ3v) is 4.67. The molecule has 1 aliphatic heterocycles. The maximum Gasteiger partial charge on any atom is 0.331 e. The molecule has 2 aromatic heterocycles. The van der Waals surface area contributed by atoms with E-state index < -0.39 is 12.0 Å². The highest BCUT2D eigenvalue weighted by atomic mass is 32.1. The molecule has 0 spiro atoms. The van der Waals surface area contributed by atoms with Gasteiger partial charge in [0.05, 0.1) is 0 Å². The number of thiazole rings is 1. The van der Waals surface area contributed by atoms with E-state index in [4.69, 9.17) is 0 Å². The Balaban J connectivity index is 2.05. The Bertz CT molecular complexity index is 535. The van der Waals surface area contributed by atoms with Crippen LogP contribution >= 0.6 is 22.7 Å². The van der Waals surface area contributed by atoms with Gasteiger partial charge in [0.1, 0.15) is 0 Å². The molecular weight excluding hydrogens is 256 g/mol. The summed E-state index contributed by atoms with van der Waals surface area (Å²) in [7, 11) is 0. The van der Waals surface area contributed by atoms with E-state index in [9.17, 15) is 9.90 Å². The van der Waals surface area contributed by atoms with E-state index >= 15 is 0 Å². The van der Waals surface area contributed by atoms with E-state index in [1.165, 1.54) is 16.2 Å². The monoisotopic (exact) mass is 266 g/mol. The lowest BCUT2D eigenvalue weighted by Gasteiger charge is -2.32. The Hall–Kier alpha value is -1.40. The van der Waals surface area contributed by atoms with Crippen LogP contribution in [-0.4, -0.2) is 22.6 Å². The summed E-state index contributed by atoms with van der Waals surface area (Å²) in [6.45, 7) is 0.720. The summed E-state index contributed by atoms with van der Waals surface area (Å²) in [6.07, 6.45) is 2.61. The number of hydrogen-bond donors (Lipinski definition) is 1. The van der Waals surface area contributed by atoms with Gasteiger partial charge in [0.2, 0.25) is 0 Å². The number of aromatic nitrogens is 1. The van der Waals surface area contributed by atoms with Gasteiger partial charge in [0, 0.05) is 23.0 Å². The van der Waals surface area contributed by atoms with Crippen molar-refractivity contribution >= 4 is 33.8 Å². The fourth-order valence-electron chi connectivity index (χ4n) is 2.15. The minimum Gasteiger partial charge on any atom is -0.479 e. The minimum atomic E-state index is -0.806. The molecular formula is C11H10N2O2S2. The van der Waals surface area contributed by atoms with Gasteiger partial charge in [-0.1, -0.05) is 0 Å². The highest BCUT2D eigenvalue weighted by Crippen LogP contribution is 2.37. The second-order valence-corrected chi connectivity index (χ2v) is 5.67. The molecule has 88 valence electrons. The topological polar surface area (TPSA) is 53.4 Å². The van der Waals surface area contributed by atoms with E-state index in [0.717, 1.165) is 23.7 Å². The standard InChI is InChI=1S/C11H10N2O2S2/c14-10(15)9-7-2-5-16-8(7)1-4-13(9)11-12-3-6-17-11/h2-3,5-6,9H,1,4H2,(H,14,15). The summed E-state index contributed by atoms with van der Waals surface area (Å²) in [4.78, 5) is 18.7.